The summed E-state index contributed by atoms with van der Waals surface area (Å²) < 4.78 is 7.03. The van der Waals surface area contributed by atoms with Gasteiger partial charge >= 0.3 is 5.97 Å². The third-order valence-corrected chi connectivity index (χ3v) is 6.79. The van der Waals surface area contributed by atoms with Gasteiger partial charge in [0.1, 0.15) is 0 Å². The summed E-state index contributed by atoms with van der Waals surface area (Å²) in [4.78, 5) is 30.6. The maximum Gasteiger partial charge on any atom is 0.337 e. The van der Waals surface area contributed by atoms with Crippen molar-refractivity contribution >= 4 is 40.7 Å². The van der Waals surface area contributed by atoms with Crippen molar-refractivity contribution < 1.29 is 9.53 Å². The van der Waals surface area contributed by atoms with E-state index in [-0.39, 0.29) is 11.6 Å². The average molecular weight is 487 g/mol. The molecule has 0 spiro atoms. The van der Waals surface area contributed by atoms with Gasteiger partial charge in [-0.15, -0.1) is 0 Å². The van der Waals surface area contributed by atoms with Crippen molar-refractivity contribution in [2.24, 2.45) is 4.99 Å². The fourth-order valence-electron chi connectivity index (χ4n) is 3.83. The molecule has 0 bridgehead atoms. The lowest BCUT2D eigenvalue weighted by atomic mass is 10.0. The number of thiazole rings is 1. The monoisotopic (exact) mass is 486 g/mol. The first-order chi connectivity index (χ1) is 16.5. The predicted molar refractivity (Wildman–Crippen MR) is 135 cm³/mol. The molecule has 4 aromatic rings. The number of nitrogens with zero attached hydrogens (tertiary/aromatic N) is 2. The molecule has 0 saturated heterocycles. The Hall–Kier alpha value is -3.74. The van der Waals surface area contributed by atoms with Crippen LogP contribution < -0.4 is 14.9 Å². The number of aromatic nitrogens is 1. The average Bonchev–Trinajstić information content (AvgIpc) is 3.19. The van der Waals surface area contributed by atoms with Crippen LogP contribution in [0.2, 0.25) is 5.02 Å². The van der Waals surface area contributed by atoms with Gasteiger partial charge in [0, 0.05) is 5.02 Å². The summed E-state index contributed by atoms with van der Waals surface area (Å²) >= 11 is 7.45. The normalized spacial score (nSPS) is 15.3. The highest BCUT2D eigenvalue weighted by Crippen LogP contribution is 2.27. The summed E-state index contributed by atoms with van der Waals surface area (Å²) in [5.74, 6) is -0.401. The Kier molecular flexibility index (Phi) is 6.01. The van der Waals surface area contributed by atoms with Crippen LogP contribution in [0.15, 0.2) is 94.7 Å². The van der Waals surface area contributed by atoms with Gasteiger partial charge in [0.15, 0.2) is 4.80 Å². The molecule has 5 rings (SSSR count). The molecule has 5 nitrogen and oxygen atoms in total. The Labute approximate surface area is 204 Å². The predicted octanol–water partition coefficient (Wildman–Crippen LogP) is 4.44. The Morgan fingerprint density at radius 2 is 1.74 bits per heavy atom. The zero-order valence-corrected chi connectivity index (χ0v) is 19.7. The molecule has 1 unspecified atom stereocenters. The van der Waals surface area contributed by atoms with Crippen LogP contribution in [0, 0.1) is 0 Å². The molecule has 34 heavy (non-hydrogen) atoms. The molecule has 7 heteroatoms. The maximum atomic E-state index is 13.5. The van der Waals surface area contributed by atoms with Crippen LogP contribution in [-0.2, 0) is 4.74 Å². The minimum atomic E-state index is -0.401. The van der Waals surface area contributed by atoms with Crippen molar-refractivity contribution in [3.8, 4) is 0 Å². The standard InChI is InChI=1S/C27H19ClN2O3S/c1-33-26(32)20-9-7-17(8-10-20)15-24-25(31)30-23(19-11-13-21(28)14-12-19)16-22(29-27(30)34-24)18-5-3-2-4-6-18/h2-16,23H,1H3. The lowest BCUT2D eigenvalue weighted by Gasteiger charge is -2.19. The second-order valence-corrected chi connectivity index (χ2v) is 9.15. The maximum absolute atomic E-state index is 13.5. The number of hydrogen-bond donors (Lipinski definition) is 0. The third kappa shape index (κ3) is 4.25. The topological polar surface area (TPSA) is 60.7 Å². The van der Waals surface area contributed by atoms with Gasteiger partial charge in [0.05, 0.1) is 28.9 Å². The Bertz CT molecular complexity index is 1570. The van der Waals surface area contributed by atoms with Crippen molar-refractivity contribution in [2.75, 3.05) is 7.11 Å². The van der Waals surface area contributed by atoms with Crippen LogP contribution in [-0.4, -0.2) is 17.6 Å². The highest BCUT2D eigenvalue weighted by atomic mass is 35.5. The van der Waals surface area contributed by atoms with E-state index in [1.54, 1.807) is 28.8 Å². The van der Waals surface area contributed by atoms with Crippen LogP contribution >= 0.6 is 22.9 Å². The molecule has 0 aliphatic carbocycles. The van der Waals surface area contributed by atoms with Gasteiger partial charge in [-0.2, -0.15) is 0 Å². The van der Waals surface area contributed by atoms with Crippen LogP contribution in [0.4, 0.5) is 0 Å². The number of allylic oxidation sites excluding steroid dienone is 1. The summed E-state index contributed by atoms with van der Waals surface area (Å²) in [6.45, 7) is 0. The van der Waals surface area contributed by atoms with E-state index in [1.165, 1.54) is 18.4 Å². The van der Waals surface area contributed by atoms with E-state index in [4.69, 9.17) is 21.3 Å². The van der Waals surface area contributed by atoms with E-state index in [1.807, 2.05) is 66.7 Å². The molecule has 1 atom stereocenters. The fraction of sp³-hybridized carbons (Fsp3) is 0.0741. The van der Waals surface area contributed by atoms with Crippen molar-refractivity contribution in [1.82, 2.24) is 4.57 Å². The molecule has 0 fully saturated rings. The number of ether oxygens (including phenoxy) is 1. The van der Waals surface area contributed by atoms with Gasteiger partial charge in [0.2, 0.25) is 0 Å². The van der Waals surface area contributed by atoms with Crippen molar-refractivity contribution in [3.05, 3.63) is 132 Å². The minimum Gasteiger partial charge on any atom is -0.465 e. The molecular weight excluding hydrogens is 468 g/mol. The summed E-state index contributed by atoms with van der Waals surface area (Å²) in [7, 11) is 1.35. The van der Waals surface area contributed by atoms with Gasteiger partial charge in [-0.05, 0) is 53.1 Å². The molecule has 1 aliphatic heterocycles. The number of rotatable bonds is 4. The second kappa shape index (κ2) is 9.25. The molecule has 1 aliphatic rings. The van der Waals surface area contributed by atoms with Crippen LogP contribution in [0.5, 0.6) is 0 Å². The molecule has 0 saturated carbocycles. The van der Waals surface area contributed by atoms with Gasteiger partial charge in [-0.1, -0.05) is 77.5 Å². The number of methoxy groups -OCH3 is 1. The van der Waals surface area contributed by atoms with Gasteiger partial charge < -0.3 is 4.74 Å². The van der Waals surface area contributed by atoms with Gasteiger partial charge in [0.25, 0.3) is 5.56 Å². The lowest BCUT2D eigenvalue weighted by Crippen LogP contribution is -2.36. The molecule has 0 N–H and O–H groups in total. The quantitative estimate of drug-likeness (QED) is 0.401. The molecular formula is C27H19ClN2O3S. The lowest BCUT2D eigenvalue weighted by molar-refractivity contribution is 0.0600. The van der Waals surface area contributed by atoms with E-state index in [9.17, 15) is 9.59 Å². The zero-order chi connectivity index (χ0) is 23.7. The van der Waals surface area contributed by atoms with E-state index in [0.717, 1.165) is 22.4 Å². The summed E-state index contributed by atoms with van der Waals surface area (Å²) in [5, 5.41) is 0.638. The first kappa shape index (κ1) is 22.1. The summed E-state index contributed by atoms with van der Waals surface area (Å²) in [6, 6.07) is 24.0. The van der Waals surface area contributed by atoms with Crippen LogP contribution in [0.3, 0.4) is 0 Å². The highest BCUT2D eigenvalue weighted by Gasteiger charge is 2.22. The van der Waals surface area contributed by atoms with Crippen molar-refractivity contribution in [2.45, 2.75) is 6.04 Å². The first-order valence-electron chi connectivity index (χ1n) is 10.6. The van der Waals surface area contributed by atoms with Crippen LogP contribution in [0.25, 0.3) is 11.8 Å². The summed E-state index contributed by atoms with van der Waals surface area (Å²) in [6.07, 6.45) is 3.82. The Balaban J connectivity index is 1.65. The van der Waals surface area contributed by atoms with E-state index in [0.29, 0.717) is 19.9 Å². The van der Waals surface area contributed by atoms with Crippen LogP contribution in [0.1, 0.15) is 33.1 Å². The van der Waals surface area contributed by atoms with E-state index >= 15 is 0 Å². The highest BCUT2D eigenvalue weighted by molar-refractivity contribution is 7.07. The fourth-order valence-corrected chi connectivity index (χ4v) is 4.98. The summed E-state index contributed by atoms with van der Waals surface area (Å²) in [5.41, 5.74) is 3.89. The van der Waals surface area contributed by atoms with Gasteiger partial charge in [-0.25, -0.2) is 9.79 Å². The number of hydrogen-bond acceptors (Lipinski definition) is 5. The number of esters is 1. The van der Waals surface area contributed by atoms with Crippen molar-refractivity contribution in [1.29, 1.82) is 0 Å². The smallest absolute Gasteiger partial charge is 0.337 e. The SMILES string of the molecule is COC(=O)c1ccc(C=c2sc3n(c2=O)C(c2ccc(Cl)cc2)C=C(c2ccccc2)N=3)cc1. The molecule has 0 amide bonds. The number of fused-ring (bicyclic) bond motifs is 1. The number of carbonyl (C=O) groups excluding carboxylic acids is 1. The number of carbonyl (C=O) groups is 1. The zero-order valence-electron chi connectivity index (χ0n) is 18.1. The third-order valence-electron chi connectivity index (χ3n) is 5.56. The molecule has 168 valence electrons. The molecule has 3 aromatic carbocycles. The van der Waals surface area contributed by atoms with E-state index in [2.05, 4.69) is 0 Å². The largest absolute Gasteiger partial charge is 0.465 e. The van der Waals surface area contributed by atoms with Crippen molar-refractivity contribution in [3.63, 3.8) is 0 Å². The van der Waals surface area contributed by atoms with Gasteiger partial charge in [-0.3, -0.25) is 9.36 Å². The number of halogens is 1. The molecule has 0 radical (unpaired) electrons. The number of benzene rings is 3. The molecule has 1 aromatic heterocycles. The van der Waals surface area contributed by atoms with E-state index < -0.39 is 5.97 Å². The minimum absolute atomic E-state index is 0.121. The first-order valence-corrected chi connectivity index (χ1v) is 11.8. The Morgan fingerprint density at radius 1 is 1.03 bits per heavy atom. The Morgan fingerprint density at radius 3 is 2.41 bits per heavy atom. The molecule has 2 heterocycles. The second-order valence-electron chi connectivity index (χ2n) is 7.71.